The number of aromatic nitrogens is 3. The van der Waals surface area contributed by atoms with Crippen LogP contribution in [0.2, 0.25) is 0 Å². The van der Waals surface area contributed by atoms with Crippen LogP contribution in [0.5, 0.6) is 0 Å². The molecule has 0 saturated carbocycles. The quantitative estimate of drug-likeness (QED) is 0.480. The fraction of sp³-hybridized carbons (Fsp3) is 0.0870. The van der Waals surface area contributed by atoms with E-state index in [1.165, 1.54) is 18.2 Å². The average Bonchev–Trinajstić information content (AvgIpc) is 3.32. The summed E-state index contributed by atoms with van der Waals surface area (Å²) in [5.41, 5.74) is 4.15. The molecule has 30 heavy (non-hydrogen) atoms. The van der Waals surface area contributed by atoms with Gasteiger partial charge in [-0.05, 0) is 56.3 Å². The van der Waals surface area contributed by atoms with E-state index in [4.69, 9.17) is 4.52 Å². The first kappa shape index (κ1) is 19.3. The van der Waals surface area contributed by atoms with Crippen molar-refractivity contribution < 1.29 is 13.7 Å². The number of aryl methyl sites for hydroxylation is 2. The van der Waals surface area contributed by atoms with Gasteiger partial charge in [-0.1, -0.05) is 23.4 Å². The fourth-order valence-corrected chi connectivity index (χ4v) is 3.05. The number of anilines is 1. The molecular formula is C23H19FN4O2. The van der Waals surface area contributed by atoms with E-state index in [2.05, 4.69) is 15.6 Å². The second-order valence-corrected chi connectivity index (χ2v) is 6.74. The van der Waals surface area contributed by atoms with Crippen LogP contribution >= 0.6 is 0 Å². The predicted molar refractivity (Wildman–Crippen MR) is 113 cm³/mol. The predicted octanol–water partition coefficient (Wildman–Crippen LogP) is 4.94. The Hall–Kier alpha value is -4.00. The van der Waals surface area contributed by atoms with Crippen molar-refractivity contribution in [2.24, 2.45) is 0 Å². The largest absolute Gasteiger partial charge is 0.359 e. The summed E-state index contributed by atoms with van der Waals surface area (Å²) >= 11 is 0. The van der Waals surface area contributed by atoms with Crippen molar-refractivity contribution >= 4 is 17.7 Å². The Morgan fingerprint density at radius 1 is 1.10 bits per heavy atom. The van der Waals surface area contributed by atoms with Crippen LogP contribution < -0.4 is 5.32 Å². The lowest BCUT2D eigenvalue weighted by Gasteiger charge is -2.01. The molecule has 0 fully saturated rings. The molecule has 7 heteroatoms. The first-order valence-corrected chi connectivity index (χ1v) is 9.34. The summed E-state index contributed by atoms with van der Waals surface area (Å²) < 4.78 is 20.2. The van der Waals surface area contributed by atoms with Crippen LogP contribution in [-0.4, -0.2) is 20.8 Å². The van der Waals surface area contributed by atoms with Gasteiger partial charge in [-0.25, -0.2) is 9.07 Å². The van der Waals surface area contributed by atoms with Gasteiger partial charge in [0.25, 0.3) is 0 Å². The number of nitrogens with one attached hydrogen (secondary N) is 1. The maximum Gasteiger partial charge on any atom is 0.248 e. The van der Waals surface area contributed by atoms with Crippen molar-refractivity contribution in [1.82, 2.24) is 14.9 Å². The molecule has 0 atom stereocenters. The molecule has 2 aromatic heterocycles. The topological polar surface area (TPSA) is 73.0 Å². The summed E-state index contributed by atoms with van der Waals surface area (Å²) in [5.74, 6) is -0.0998. The summed E-state index contributed by atoms with van der Waals surface area (Å²) in [6, 6.07) is 15.7. The van der Waals surface area contributed by atoms with Gasteiger partial charge in [0.05, 0.1) is 11.4 Å². The normalized spacial score (nSPS) is 11.2. The lowest BCUT2D eigenvalue weighted by atomic mass is 10.1. The molecule has 6 nitrogen and oxygen atoms in total. The van der Waals surface area contributed by atoms with Gasteiger partial charge in [0.2, 0.25) is 5.91 Å². The number of nitrogens with zero attached hydrogens (tertiary/aromatic N) is 3. The fourth-order valence-electron chi connectivity index (χ4n) is 3.05. The smallest absolute Gasteiger partial charge is 0.248 e. The average molecular weight is 402 g/mol. The number of hydrogen-bond acceptors (Lipinski definition) is 4. The number of amides is 1. The molecule has 0 aliphatic rings. The van der Waals surface area contributed by atoms with Crippen molar-refractivity contribution in [3.8, 4) is 16.9 Å². The highest BCUT2D eigenvalue weighted by Gasteiger charge is 2.13. The van der Waals surface area contributed by atoms with Crippen LogP contribution in [0.15, 0.2) is 71.4 Å². The third-order valence-electron chi connectivity index (χ3n) is 4.58. The number of carbonyl (C=O) groups excluding carboxylic acids is 1. The van der Waals surface area contributed by atoms with Crippen LogP contribution in [0.25, 0.3) is 23.0 Å². The van der Waals surface area contributed by atoms with E-state index in [9.17, 15) is 9.18 Å². The molecule has 0 bridgehead atoms. The molecule has 0 aliphatic carbocycles. The third kappa shape index (κ3) is 4.05. The number of benzene rings is 2. The van der Waals surface area contributed by atoms with Crippen LogP contribution in [0.3, 0.4) is 0 Å². The highest BCUT2D eigenvalue weighted by Crippen LogP contribution is 2.25. The summed E-state index contributed by atoms with van der Waals surface area (Å²) in [7, 11) is 0. The molecule has 0 aliphatic heterocycles. The minimum Gasteiger partial charge on any atom is -0.359 e. The number of halogens is 1. The van der Waals surface area contributed by atoms with Gasteiger partial charge in [0.15, 0.2) is 5.76 Å². The number of hydrogen-bond donors (Lipinski definition) is 1. The summed E-state index contributed by atoms with van der Waals surface area (Å²) in [5, 5.41) is 11.3. The summed E-state index contributed by atoms with van der Waals surface area (Å²) in [6.45, 7) is 3.49. The Balaban J connectivity index is 1.67. The molecule has 150 valence electrons. The number of para-hydroxylation sites is 1. The van der Waals surface area contributed by atoms with Gasteiger partial charge >= 0.3 is 0 Å². The van der Waals surface area contributed by atoms with E-state index in [1.54, 1.807) is 36.7 Å². The molecular weight excluding hydrogens is 383 g/mol. The van der Waals surface area contributed by atoms with E-state index in [1.807, 2.05) is 36.5 Å². The van der Waals surface area contributed by atoms with Crippen LogP contribution in [0.1, 0.15) is 17.0 Å². The Bertz CT molecular complexity index is 1190. The maximum absolute atomic E-state index is 13.4. The summed E-state index contributed by atoms with van der Waals surface area (Å²) in [4.78, 5) is 12.4. The molecule has 2 heterocycles. The van der Waals surface area contributed by atoms with Crippen molar-refractivity contribution in [3.05, 3.63) is 89.7 Å². The highest BCUT2D eigenvalue weighted by atomic mass is 19.1. The van der Waals surface area contributed by atoms with E-state index >= 15 is 0 Å². The number of carbonyl (C=O) groups is 1. The summed E-state index contributed by atoms with van der Waals surface area (Å²) in [6.07, 6.45) is 4.93. The third-order valence-corrected chi connectivity index (χ3v) is 4.58. The Morgan fingerprint density at radius 2 is 1.83 bits per heavy atom. The van der Waals surface area contributed by atoms with Crippen LogP contribution in [0, 0.1) is 19.7 Å². The zero-order valence-corrected chi connectivity index (χ0v) is 16.5. The van der Waals surface area contributed by atoms with Gasteiger partial charge in [0.1, 0.15) is 17.2 Å². The molecule has 4 rings (SSSR count). The molecule has 0 saturated heterocycles. The molecule has 0 unspecified atom stereocenters. The lowest BCUT2D eigenvalue weighted by Crippen LogP contribution is -2.08. The van der Waals surface area contributed by atoms with Crippen LogP contribution in [0.4, 0.5) is 10.1 Å². The second kappa shape index (κ2) is 8.16. The molecule has 4 aromatic rings. The SMILES string of the molecule is Cc1noc(C)c1NC(=O)C=Cc1cn(-c2ccccc2)nc1-c1ccc(F)cc1. The molecule has 0 spiro atoms. The Kier molecular flexibility index (Phi) is 5.26. The maximum atomic E-state index is 13.4. The molecule has 1 N–H and O–H groups in total. The van der Waals surface area contributed by atoms with E-state index in [0.717, 1.165) is 16.8 Å². The van der Waals surface area contributed by atoms with Gasteiger partial charge in [0, 0.05) is 23.4 Å². The van der Waals surface area contributed by atoms with Crippen LogP contribution in [-0.2, 0) is 4.79 Å². The second-order valence-electron chi connectivity index (χ2n) is 6.74. The standard InChI is InChI=1S/C23H19FN4O2/c1-15-22(16(2)30-27-15)25-21(29)13-10-18-14-28(20-6-4-3-5-7-20)26-23(18)17-8-11-19(24)12-9-17/h3-14H,1-2H3,(H,25,29). The monoisotopic (exact) mass is 402 g/mol. The molecule has 1 amide bonds. The van der Waals surface area contributed by atoms with Crippen molar-refractivity contribution in [1.29, 1.82) is 0 Å². The Labute approximate surface area is 172 Å². The van der Waals surface area contributed by atoms with Crippen molar-refractivity contribution in [2.45, 2.75) is 13.8 Å². The zero-order valence-electron chi connectivity index (χ0n) is 16.5. The van der Waals surface area contributed by atoms with Gasteiger partial charge in [-0.15, -0.1) is 0 Å². The van der Waals surface area contributed by atoms with E-state index < -0.39 is 0 Å². The molecule has 0 radical (unpaired) electrons. The highest BCUT2D eigenvalue weighted by molar-refractivity contribution is 6.02. The van der Waals surface area contributed by atoms with E-state index in [-0.39, 0.29) is 11.7 Å². The number of rotatable bonds is 5. The minimum atomic E-state index is -0.322. The first-order chi connectivity index (χ1) is 14.5. The van der Waals surface area contributed by atoms with Gasteiger partial charge < -0.3 is 9.84 Å². The van der Waals surface area contributed by atoms with Gasteiger partial charge in [-0.2, -0.15) is 5.10 Å². The molecule has 2 aromatic carbocycles. The Morgan fingerprint density at radius 3 is 2.50 bits per heavy atom. The van der Waals surface area contributed by atoms with Crippen molar-refractivity contribution in [2.75, 3.05) is 5.32 Å². The van der Waals surface area contributed by atoms with Gasteiger partial charge in [-0.3, -0.25) is 4.79 Å². The first-order valence-electron chi connectivity index (χ1n) is 9.34. The zero-order chi connectivity index (χ0) is 21.1. The van der Waals surface area contributed by atoms with E-state index in [0.29, 0.717) is 22.8 Å². The van der Waals surface area contributed by atoms with Crippen molar-refractivity contribution in [3.63, 3.8) is 0 Å². The minimum absolute atomic E-state index is 0.318. The lowest BCUT2D eigenvalue weighted by molar-refractivity contribution is -0.111.